The maximum Gasteiger partial charge on any atom is 0.255 e. The van der Waals surface area contributed by atoms with Crippen molar-refractivity contribution in [1.82, 2.24) is 60.6 Å². The van der Waals surface area contributed by atoms with Gasteiger partial charge in [-0.05, 0) is 125 Å². The number of nitrogens with one attached hydrogen (secondary N) is 3. The first kappa shape index (κ1) is 45.0. The molecule has 0 saturated heterocycles. The molecule has 0 atom stereocenters. The van der Waals surface area contributed by atoms with Gasteiger partial charge in [-0.2, -0.15) is 0 Å². The van der Waals surface area contributed by atoms with Crippen molar-refractivity contribution in [3.63, 3.8) is 0 Å². The van der Waals surface area contributed by atoms with Crippen LogP contribution in [-0.4, -0.2) is 78.3 Å². The highest BCUT2D eigenvalue weighted by Gasteiger charge is 2.12. The zero-order chi connectivity index (χ0) is 46.6. The lowest BCUT2D eigenvalue weighted by atomic mass is 10.1. The predicted molar refractivity (Wildman–Crippen MR) is 250 cm³/mol. The highest BCUT2D eigenvalue weighted by atomic mass is 16.2. The van der Waals surface area contributed by atoms with E-state index >= 15 is 0 Å². The summed E-state index contributed by atoms with van der Waals surface area (Å²) < 4.78 is 4.75. The number of carbonyl (C=O) groups is 3. The quantitative estimate of drug-likeness (QED) is 0.130. The number of amides is 3. The van der Waals surface area contributed by atoms with Crippen LogP contribution in [0, 0.1) is 20.8 Å². The Morgan fingerprint density at radius 2 is 0.576 bits per heavy atom. The van der Waals surface area contributed by atoms with Crippen LogP contribution in [0.4, 0.5) is 17.1 Å². The molecule has 0 radical (unpaired) electrons. The Kier molecular flexibility index (Phi) is 14.2. The van der Waals surface area contributed by atoms with E-state index in [1.54, 1.807) is 71.6 Å². The molecule has 9 rings (SSSR count). The van der Waals surface area contributed by atoms with Gasteiger partial charge in [-0.3, -0.25) is 14.4 Å². The normalized spacial score (nSPS) is 10.5. The summed E-state index contributed by atoms with van der Waals surface area (Å²) in [7, 11) is 5.31. The summed E-state index contributed by atoms with van der Waals surface area (Å²) in [5, 5.41) is 42.6. The fourth-order valence-electron chi connectivity index (χ4n) is 6.25. The van der Waals surface area contributed by atoms with Crippen molar-refractivity contribution in [2.45, 2.75) is 20.8 Å². The molecule has 3 amide bonds. The van der Waals surface area contributed by atoms with Crippen molar-refractivity contribution in [2.75, 3.05) is 16.0 Å². The first-order valence-corrected chi connectivity index (χ1v) is 20.5. The zero-order valence-corrected chi connectivity index (χ0v) is 36.9. The van der Waals surface area contributed by atoms with Gasteiger partial charge in [-0.1, -0.05) is 89.5 Å². The van der Waals surface area contributed by atoms with E-state index in [1.165, 1.54) is 0 Å². The van der Waals surface area contributed by atoms with Gasteiger partial charge in [0.25, 0.3) is 17.7 Å². The maximum absolute atomic E-state index is 12.2. The van der Waals surface area contributed by atoms with E-state index in [1.807, 2.05) is 130 Å². The molecule has 0 aliphatic carbocycles. The molecular formula is C48H45N15O3. The van der Waals surface area contributed by atoms with Crippen molar-refractivity contribution in [3.05, 3.63) is 179 Å². The average molecular weight is 880 g/mol. The lowest BCUT2D eigenvalue weighted by Gasteiger charge is -2.06. The largest absolute Gasteiger partial charge is 0.322 e. The number of hydrogen-bond donors (Lipinski definition) is 3. The minimum Gasteiger partial charge on any atom is -0.322 e. The Balaban J connectivity index is 0.000000147. The van der Waals surface area contributed by atoms with Gasteiger partial charge in [0.15, 0.2) is 17.5 Å². The summed E-state index contributed by atoms with van der Waals surface area (Å²) in [6, 6.07) is 44.6. The number of aryl methyl sites for hydroxylation is 6. The smallest absolute Gasteiger partial charge is 0.255 e. The second-order valence-corrected chi connectivity index (χ2v) is 15.1. The molecule has 18 nitrogen and oxygen atoms in total. The summed E-state index contributed by atoms with van der Waals surface area (Å²) in [5.41, 5.74) is 10.1. The number of aromatic nitrogens is 12. The number of anilines is 3. The summed E-state index contributed by atoms with van der Waals surface area (Å²) in [5.74, 6) is 1.53. The Bertz CT molecular complexity index is 2700. The first-order valence-electron chi connectivity index (χ1n) is 20.5. The lowest BCUT2D eigenvalue weighted by molar-refractivity contribution is 0.101. The Morgan fingerprint density at radius 1 is 0.348 bits per heavy atom. The number of hydrogen-bond acceptors (Lipinski definition) is 12. The third kappa shape index (κ3) is 11.7. The average Bonchev–Trinajstić information content (AvgIpc) is 4.10. The van der Waals surface area contributed by atoms with Crippen molar-refractivity contribution in [2.24, 2.45) is 21.1 Å². The third-order valence-electron chi connectivity index (χ3n) is 10.0. The Labute approximate surface area is 379 Å². The summed E-state index contributed by atoms with van der Waals surface area (Å²) >= 11 is 0. The van der Waals surface area contributed by atoms with Gasteiger partial charge in [-0.25, -0.2) is 14.0 Å². The number of rotatable bonds is 9. The second-order valence-electron chi connectivity index (χ2n) is 15.1. The predicted octanol–water partition coefficient (Wildman–Crippen LogP) is 7.31. The van der Waals surface area contributed by atoms with Crippen LogP contribution in [0.25, 0.3) is 34.2 Å². The second kappa shape index (κ2) is 20.9. The highest BCUT2D eigenvalue weighted by molar-refractivity contribution is 6.05. The number of carbonyl (C=O) groups excluding carboxylic acids is 3. The lowest BCUT2D eigenvalue weighted by Crippen LogP contribution is -2.11. The van der Waals surface area contributed by atoms with Crippen LogP contribution in [0.3, 0.4) is 0 Å². The maximum atomic E-state index is 12.2. The Morgan fingerprint density at radius 3 is 0.773 bits per heavy atom. The van der Waals surface area contributed by atoms with E-state index in [9.17, 15) is 14.4 Å². The van der Waals surface area contributed by atoms with Crippen LogP contribution in [0.1, 0.15) is 47.8 Å². The molecule has 0 spiro atoms. The minimum absolute atomic E-state index is 0.147. The number of nitrogens with zero attached hydrogens (tertiary/aromatic N) is 12. The van der Waals surface area contributed by atoms with E-state index in [2.05, 4.69) is 62.5 Å². The first-order chi connectivity index (χ1) is 31.9. The molecule has 0 aliphatic rings. The van der Waals surface area contributed by atoms with Gasteiger partial charge in [0.05, 0.1) is 0 Å². The number of benzene rings is 6. The molecular weight excluding hydrogens is 835 g/mol. The third-order valence-corrected chi connectivity index (χ3v) is 10.0. The van der Waals surface area contributed by atoms with Crippen molar-refractivity contribution < 1.29 is 14.4 Å². The van der Waals surface area contributed by atoms with Gasteiger partial charge in [0.1, 0.15) is 0 Å². The van der Waals surface area contributed by atoms with Gasteiger partial charge >= 0.3 is 0 Å². The van der Waals surface area contributed by atoms with Crippen LogP contribution in [0.5, 0.6) is 0 Å². The van der Waals surface area contributed by atoms with Crippen LogP contribution in [0.2, 0.25) is 0 Å². The summed E-state index contributed by atoms with van der Waals surface area (Å²) in [4.78, 5) is 36.6. The molecule has 66 heavy (non-hydrogen) atoms. The van der Waals surface area contributed by atoms with Crippen molar-refractivity contribution in [1.29, 1.82) is 0 Å². The molecule has 6 aromatic carbocycles. The zero-order valence-electron chi connectivity index (χ0n) is 36.9. The molecule has 0 fully saturated rings. The van der Waals surface area contributed by atoms with E-state index in [4.69, 9.17) is 0 Å². The molecule has 3 aromatic heterocycles. The van der Waals surface area contributed by atoms with Crippen molar-refractivity contribution >= 4 is 34.8 Å². The van der Waals surface area contributed by atoms with Crippen molar-refractivity contribution in [3.8, 4) is 34.2 Å². The fourth-order valence-corrected chi connectivity index (χ4v) is 6.25. The standard InChI is InChI=1S/3C16H15N5O/c3*1-11-3-9-14(10-4-11)17-16(22)13-7-5-12(6-8-13)15-18-19-20-21(15)2/h3*3-10H,1-2H3,(H,17,22). The molecule has 0 bridgehead atoms. The molecule has 9 aromatic rings. The van der Waals surface area contributed by atoms with Gasteiger partial charge < -0.3 is 16.0 Å². The Hall–Kier alpha value is -9.06. The van der Waals surface area contributed by atoms with E-state index < -0.39 is 0 Å². The molecule has 0 saturated carbocycles. The molecule has 3 heterocycles. The minimum atomic E-state index is -0.147. The van der Waals surface area contributed by atoms with Crippen LogP contribution < -0.4 is 16.0 Å². The molecule has 3 N–H and O–H groups in total. The molecule has 0 unspecified atom stereocenters. The van der Waals surface area contributed by atoms with E-state index in [-0.39, 0.29) is 17.7 Å². The highest BCUT2D eigenvalue weighted by Crippen LogP contribution is 2.20. The van der Waals surface area contributed by atoms with E-state index in [0.29, 0.717) is 34.2 Å². The monoisotopic (exact) mass is 879 g/mol. The SMILES string of the molecule is Cc1ccc(NC(=O)c2ccc(-c3nnnn3C)cc2)cc1.Cc1ccc(NC(=O)c2ccc(-c3nnnn3C)cc2)cc1.Cc1ccc(NC(=O)c2ccc(-c3nnnn3C)cc2)cc1. The summed E-state index contributed by atoms with van der Waals surface area (Å²) in [6.07, 6.45) is 0. The molecule has 330 valence electrons. The van der Waals surface area contributed by atoms with Crippen LogP contribution >= 0.6 is 0 Å². The van der Waals surface area contributed by atoms with E-state index in [0.717, 1.165) is 50.4 Å². The molecule has 0 aliphatic heterocycles. The molecule has 18 heteroatoms. The topological polar surface area (TPSA) is 218 Å². The fraction of sp³-hybridized carbons (Fsp3) is 0.125. The van der Waals surface area contributed by atoms with Gasteiger partial charge in [-0.15, -0.1) is 15.3 Å². The van der Waals surface area contributed by atoms with Gasteiger partial charge in [0, 0.05) is 71.6 Å². The number of tetrazole rings is 3. The van der Waals surface area contributed by atoms with Crippen LogP contribution in [0.15, 0.2) is 146 Å². The van der Waals surface area contributed by atoms with Gasteiger partial charge in [0.2, 0.25) is 0 Å². The summed E-state index contributed by atoms with van der Waals surface area (Å²) in [6.45, 7) is 6.02. The van der Waals surface area contributed by atoms with Crippen LogP contribution in [-0.2, 0) is 21.1 Å².